The van der Waals surface area contributed by atoms with Gasteiger partial charge in [-0.15, -0.1) is 0 Å². The number of halogens is 2. The predicted molar refractivity (Wildman–Crippen MR) is 167 cm³/mol. The Morgan fingerprint density at radius 3 is 1.36 bits per heavy atom. The van der Waals surface area contributed by atoms with Crippen molar-refractivity contribution in [3.05, 3.63) is 55.5 Å². The third kappa shape index (κ3) is 8.10. The van der Waals surface area contributed by atoms with E-state index >= 15 is 0 Å². The van der Waals surface area contributed by atoms with Gasteiger partial charge in [-0.1, -0.05) is 79.4 Å². The molecule has 0 aromatic heterocycles. The van der Waals surface area contributed by atoms with E-state index < -0.39 is 0 Å². The van der Waals surface area contributed by atoms with Crippen LogP contribution in [0.15, 0.2) is 33.2 Å². The molecule has 36 heavy (non-hydrogen) atoms. The summed E-state index contributed by atoms with van der Waals surface area (Å²) in [5.74, 6) is 2.37. The van der Waals surface area contributed by atoms with Gasteiger partial charge < -0.3 is 10.2 Å². The first kappa shape index (κ1) is 30.2. The molecule has 0 saturated heterocycles. The van der Waals surface area contributed by atoms with Gasteiger partial charge in [0.25, 0.3) is 0 Å². The first-order valence-corrected chi connectivity index (χ1v) is 16.7. The van der Waals surface area contributed by atoms with E-state index in [-0.39, 0.29) is 10.8 Å². The van der Waals surface area contributed by atoms with Crippen LogP contribution in [0, 0.1) is 0 Å². The van der Waals surface area contributed by atoms with Crippen molar-refractivity contribution in [2.75, 3.05) is 0 Å². The fourth-order valence-electron chi connectivity index (χ4n) is 4.59. The second-order valence-electron chi connectivity index (χ2n) is 12.1. The van der Waals surface area contributed by atoms with Crippen molar-refractivity contribution in [1.82, 2.24) is 0 Å². The molecule has 0 aliphatic heterocycles. The molecule has 0 heterocycles. The number of phenolic OH excluding ortho intramolecular Hbond substituents is 2. The summed E-state index contributed by atoms with van der Waals surface area (Å²) in [6.45, 7) is 13.3. The molecule has 3 rings (SSSR count). The van der Waals surface area contributed by atoms with E-state index in [1.807, 2.05) is 35.7 Å². The van der Waals surface area contributed by atoms with Crippen LogP contribution in [0.2, 0.25) is 0 Å². The minimum atomic E-state index is 0.0339. The molecule has 2 aromatic rings. The summed E-state index contributed by atoms with van der Waals surface area (Å²) in [5, 5.41) is 22.6. The Morgan fingerprint density at radius 2 is 1.03 bits per heavy atom. The van der Waals surface area contributed by atoms with E-state index in [0.717, 1.165) is 31.6 Å². The van der Waals surface area contributed by atoms with Crippen LogP contribution in [0.4, 0.5) is 0 Å². The van der Waals surface area contributed by atoms with Gasteiger partial charge in [-0.3, -0.25) is 0 Å². The van der Waals surface area contributed by atoms with Crippen molar-refractivity contribution in [3.63, 3.8) is 0 Å². The Morgan fingerprint density at radius 1 is 0.667 bits per heavy atom. The van der Waals surface area contributed by atoms with Crippen LogP contribution in [0.1, 0.15) is 102 Å². The van der Waals surface area contributed by atoms with Crippen molar-refractivity contribution in [3.8, 4) is 11.5 Å². The molecule has 2 N–H and O–H groups in total. The van der Waals surface area contributed by atoms with Crippen molar-refractivity contribution < 1.29 is 10.2 Å². The van der Waals surface area contributed by atoms with Crippen LogP contribution in [0.25, 0.3) is 0 Å². The summed E-state index contributed by atoms with van der Waals surface area (Å²) in [6, 6.07) is 8.47. The molecule has 2 atom stereocenters. The summed E-state index contributed by atoms with van der Waals surface area (Å²) in [5.41, 5.74) is 4.59. The average Bonchev–Trinajstić information content (AvgIpc) is 2.76. The molecule has 0 spiro atoms. The molecular formula is C30H42Br2O2S2. The van der Waals surface area contributed by atoms with E-state index in [4.69, 9.17) is 0 Å². The first-order valence-electron chi connectivity index (χ1n) is 13.0. The topological polar surface area (TPSA) is 40.5 Å². The van der Waals surface area contributed by atoms with Crippen LogP contribution < -0.4 is 0 Å². The van der Waals surface area contributed by atoms with Crippen LogP contribution >= 0.6 is 55.4 Å². The minimum Gasteiger partial charge on any atom is -0.506 e. The summed E-state index contributed by atoms with van der Waals surface area (Å²) in [7, 11) is 0. The van der Waals surface area contributed by atoms with E-state index in [1.54, 1.807) is 0 Å². The zero-order valence-corrected chi connectivity index (χ0v) is 27.4. The fraction of sp³-hybridized carbons (Fsp3) is 0.600. The smallest absolute Gasteiger partial charge is 0.133 e. The molecule has 2 nitrogen and oxygen atoms in total. The number of rotatable bonds is 6. The number of benzene rings is 2. The number of hydrogen-bond donors (Lipinski definition) is 2. The zero-order valence-electron chi connectivity index (χ0n) is 22.6. The van der Waals surface area contributed by atoms with Crippen LogP contribution in [0.3, 0.4) is 0 Å². The van der Waals surface area contributed by atoms with Gasteiger partial charge in [0, 0.05) is 33.1 Å². The Labute approximate surface area is 244 Å². The summed E-state index contributed by atoms with van der Waals surface area (Å²) in [4.78, 5) is 0. The summed E-state index contributed by atoms with van der Waals surface area (Å²) in [6.07, 6.45) is 7.57. The lowest BCUT2D eigenvalue weighted by molar-refractivity contribution is 0.464. The predicted octanol–water partition coefficient (Wildman–Crippen LogP) is 10.5. The van der Waals surface area contributed by atoms with Gasteiger partial charge in [0.05, 0.1) is 8.95 Å². The SMILES string of the molecule is CC(C)(C)c1cc(Br)c(O)c(CSC2CCCCCCC2SCc2cc(C(C)(C)C)cc(Br)c2O)c1. The number of aromatic hydroxyl groups is 2. The van der Waals surface area contributed by atoms with E-state index in [1.165, 1.54) is 49.7 Å². The maximum absolute atomic E-state index is 10.8. The monoisotopic (exact) mass is 656 g/mol. The minimum absolute atomic E-state index is 0.0339. The Balaban J connectivity index is 1.78. The maximum Gasteiger partial charge on any atom is 0.133 e. The maximum atomic E-state index is 10.8. The standard InChI is InChI=1S/C30H42Br2O2S2/c1-29(2,3)21-13-19(27(33)23(31)15-21)17-35-25-11-9-7-8-10-12-26(25)36-18-20-14-22(30(4,5)6)16-24(32)28(20)34/h13-16,25-26,33-34H,7-12,17-18H2,1-6H3. The molecule has 1 aliphatic rings. The Bertz CT molecular complexity index is 957. The van der Waals surface area contributed by atoms with Gasteiger partial charge in [-0.2, -0.15) is 23.5 Å². The highest BCUT2D eigenvalue weighted by molar-refractivity contribution is 9.10. The van der Waals surface area contributed by atoms with Gasteiger partial charge in [0.1, 0.15) is 11.5 Å². The lowest BCUT2D eigenvalue weighted by Crippen LogP contribution is -2.22. The first-order chi connectivity index (χ1) is 16.8. The summed E-state index contributed by atoms with van der Waals surface area (Å²) < 4.78 is 1.57. The van der Waals surface area contributed by atoms with Crippen molar-refractivity contribution >= 4 is 55.4 Å². The zero-order chi connectivity index (χ0) is 26.7. The molecule has 0 radical (unpaired) electrons. The van der Waals surface area contributed by atoms with Gasteiger partial charge in [-0.25, -0.2) is 0 Å². The van der Waals surface area contributed by atoms with Crippen molar-refractivity contribution in [1.29, 1.82) is 0 Å². The molecule has 0 bridgehead atoms. The highest BCUT2D eigenvalue weighted by atomic mass is 79.9. The number of hydrogen-bond acceptors (Lipinski definition) is 4. The van der Waals surface area contributed by atoms with Crippen molar-refractivity contribution in [2.24, 2.45) is 0 Å². The van der Waals surface area contributed by atoms with Crippen molar-refractivity contribution in [2.45, 2.75) is 113 Å². The van der Waals surface area contributed by atoms with Crippen LogP contribution in [0.5, 0.6) is 11.5 Å². The lowest BCUT2D eigenvalue weighted by Gasteiger charge is -2.29. The average molecular weight is 659 g/mol. The fourth-order valence-corrected chi connectivity index (χ4v) is 8.66. The summed E-state index contributed by atoms with van der Waals surface area (Å²) >= 11 is 11.2. The van der Waals surface area contributed by atoms with Gasteiger partial charge in [0.15, 0.2) is 0 Å². The molecule has 6 heteroatoms. The third-order valence-corrected chi connectivity index (χ3v) is 11.4. The highest BCUT2D eigenvalue weighted by Gasteiger charge is 2.26. The molecule has 1 aliphatic carbocycles. The Kier molecular flexibility index (Phi) is 10.7. The number of thioether (sulfide) groups is 2. The second kappa shape index (κ2) is 12.7. The third-order valence-electron chi connectivity index (χ3n) is 7.06. The lowest BCUT2D eigenvalue weighted by atomic mass is 9.86. The molecule has 0 amide bonds. The highest BCUT2D eigenvalue weighted by Crippen LogP contribution is 2.42. The van der Waals surface area contributed by atoms with E-state index in [0.29, 0.717) is 22.0 Å². The van der Waals surface area contributed by atoms with Crippen LogP contribution in [-0.4, -0.2) is 20.7 Å². The van der Waals surface area contributed by atoms with Gasteiger partial charge in [0.2, 0.25) is 0 Å². The molecular weight excluding hydrogens is 616 g/mol. The van der Waals surface area contributed by atoms with Crippen LogP contribution in [-0.2, 0) is 22.3 Å². The molecule has 2 unspecified atom stereocenters. The molecule has 1 saturated carbocycles. The van der Waals surface area contributed by atoms with Gasteiger partial charge >= 0.3 is 0 Å². The molecule has 200 valence electrons. The molecule has 2 aromatic carbocycles. The van der Waals surface area contributed by atoms with E-state index in [2.05, 4.69) is 85.5 Å². The van der Waals surface area contributed by atoms with Gasteiger partial charge in [-0.05, 0) is 78.8 Å². The Hall–Kier alpha value is -0.300. The largest absolute Gasteiger partial charge is 0.506 e. The second-order valence-corrected chi connectivity index (χ2v) is 16.3. The van der Waals surface area contributed by atoms with E-state index in [9.17, 15) is 10.2 Å². The molecule has 1 fully saturated rings. The quantitative estimate of drug-likeness (QED) is 0.324. The number of phenols is 2. The normalized spacial score (nSPS) is 19.7.